The first-order valence-electron chi connectivity index (χ1n) is 7.21. The minimum Gasteiger partial charge on any atom is -0.454 e. The third-order valence-corrected chi connectivity index (χ3v) is 5.78. The highest BCUT2D eigenvalue weighted by atomic mass is 16.5. The molecule has 4 heteroatoms. The van der Waals surface area contributed by atoms with E-state index in [2.05, 4.69) is 6.92 Å². The van der Waals surface area contributed by atoms with E-state index in [1.165, 1.54) is 0 Å². The smallest absolute Gasteiger partial charge is 0.334 e. The number of Topliss-reactive ketones (excluding diaryl/α,β-unsaturated/α-hetero) is 1. The lowest BCUT2D eigenvalue weighted by atomic mass is 9.65. The van der Waals surface area contributed by atoms with Gasteiger partial charge < -0.3 is 9.84 Å². The van der Waals surface area contributed by atoms with Gasteiger partial charge in [0.05, 0.1) is 0 Å². The van der Waals surface area contributed by atoms with Crippen LogP contribution < -0.4 is 0 Å². The zero-order valence-electron chi connectivity index (χ0n) is 11.9. The molecule has 20 heavy (non-hydrogen) atoms. The standard InChI is InChI=1S/C16H18O4/c1-6-11-10(20-15(6)19)5-16(3)9-4-8(9)12(7(2)17)13(16)14(11)18/h8-10,14,18H,4-5H2,1-3H3/t8-,9+,10+,14+,16+/m1/s1. The van der Waals surface area contributed by atoms with E-state index in [-0.39, 0.29) is 23.3 Å². The summed E-state index contributed by atoms with van der Waals surface area (Å²) in [5.41, 5.74) is 2.70. The summed E-state index contributed by atoms with van der Waals surface area (Å²) in [4.78, 5) is 23.7. The molecule has 1 heterocycles. The van der Waals surface area contributed by atoms with Gasteiger partial charge >= 0.3 is 5.97 Å². The second-order valence-electron chi connectivity index (χ2n) is 6.83. The maximum absolute atomic E-state index is 12.0. The van der Waals surface area contributed by atoms with E-state index >= 15 is 0 Å². The number of esters is 1. The van der Waals surface area contributed by atoms with Gasteiger partial charge in [0.1, 0.15) is 12.2 Å². The molecule has 2 saturated carbocycles. The number of ether oxygens (including phenoxy) is 1. The molecule has 3 aliphatic carbocycles. The van der Waals surface area contributed by atoms with Crippen molar-refractivity contribution < 1.29 is 19.4 Å². The molecule has 0 aromatic rings. The average Bonchev–Trinajstić information content (AvgIpc) is 3.03. The van der Waals surface area contributed by atoms with E-state index in [4.69, 9.17) is 4.74 Å². The number of aliphatic hydroxyl groups excluding tert-OH is 1. The van der Waals surface area contributed by atoms with Crippen LogP contribution in [0.4, 0.5) is 0 Å². The monoisotopic (exact) mass is 274 g/mol. The van der Waals surface area contributed by atoms with Crippen LogP contribution in [0.15, 0.2) is 22.3 Å². The molecule has 1 N–H and O–H groups in total. The molecule has 0 aromatic carbocycles. The summed E-state index contributed by atoms with van der Waals surface area (Å²) in [6.07, 6.45) is 0.603. The molecule has 4 rings (SSSR count). The van der Waals surface area contributed by atoms with Crippen molar-refractivity contribution in [1.29, 1.82) is 0 Å². The first-order chi connectivity index (χ1) is 9.36. The topological polar surface area (TPSA) is 63.6 Å². The Labute approximate surface area is 117 Å². The molecule has 5 atom stereocenters. The lowest BCUT2D eigenvalue weighted by Gasteiger charge is -2.41. The molecule has 0 saturated heterocycles. The molecule has 4 aliphatic rings. The highest BCUT2D eigenvalue weighted by Crippen LogP contribution is 2.69. The summed E-state index contributed by atoms with van der Waals surface area (Å²) in [5, 5.41) is 10.8. The number of carbonyl (C=O) groups is 2. The highest BCUT2D eigenvalue weighted by Gasteiger charge is 2.65. The molecular formula is C16H18O4. The molecule has 106 valence electrons. The van der Waals surface area contributed by atoms with E-state index < -0.39 is 6.10 Å². The van der Waals surface area contributed by atoms with Crippen LogP contribution in [0.3, 0.4) is 0 Å². The summed E-state index contributed by atoms with van der Waals surface area (Å²) in [6.45, 7) is 5.40. The lowest BCUT2D eigenvalue weighted by Crippen LogP contribution is -2.41. The van der Waals surface area contributed by atoms with E-state index in [1.54, 1.807) is 13.8 Å². The molecule has 0 aromatic heterocycles. The van der Waals surface area contributed by atoms with Crippen LogP contribution in [0.5, 0.6) is 0 Å². The normalized spacial score (nSPS) is 45.1. The van der Waals surface area contributed by atoms with Gasteiger partial charge in [-0.15, -0.1) is 0 Å². The maximum atomic E-state index is 12.0. The quantitative estimate of drug-likeness (QED) is 0.737. The van der Waals surface area contributed by atoms with Crippen molar-refractivity contribution in [2.45, 2.75) is 45.8 Å². The van der Waals surface area contributed by atoms with Crippen LogP contribution in [0.2, 0.25) is 0 Å². The zero-order chi connectivity index (χ0) is 14.4. The third kappa shape index (κ3) is 1.21. The van der Waals surface area contributed by atoms with Crippen molar-refractivity contribution in [2.75, 3.05) is 0 Å². The number of ketones is 1. The SMILES string of the molecule is CC(=O)C1=C2[C@@H](O)C3=C(C)C(=O)O[C@H]3C[C@@]2(C)[C@H]2C[C@@H]12. The van der Waals surface area contributed by atoms with Gasteiger partial charge in [-0.1, -0.05) is 6.92 Å². The van der Waals surface area contributed by atoms with E-state index in [0.29, 0.717) is 29.4 Å². The van der Waals surface area contributed by atoms with Crippen molar-refractivity contribution >= 4 is 11.8 Å². The van der Waals surface area contributed by atoms with Gasteiger partial charge in [-0.05, 0) is 49.5 Å². The Kier molecular flexibility index (Phi) is 2.11. The zero-order valence-corrected chi connectivity index (χ0v) is 11.9. The number of fused-ring (bicyclic) bond motifs is 4. The predicted octanol–water partition coefficient (Wildman–Crippen LogP) is 1.53. The summed E-state index contributed by atoms with van der Waals surface area (Å²) >= 11 is 0. The Balaban J connectivity index is 1.91. The number of aliphatic hydroxyl groups is 1. The molecule has 0 radical (unpaired) electrons. The molecule has 0 amide bonds. The second-order valence-corrected chi connectivity index (χ2v) is 6.83. The Morgan fingerprint density at radius 2 is 2.15 bits per heavy atom. The fraction of sp³-hybridized carbons (Fsp3) is 0.625. The number of hydrogen-bond donors (Lipinski definition) is 1. The lowest BCUT2D eigenvalue weighted by molar-refractivity contribution is -0.141. The highest BCUT2D eigenvalue weighted by molar-refractivity contribution is 5.98. The Hall–Kier alpha value is -1.42. The predicted molar refractivity (Wildman–Crippen MR) is 70.6 cm³/mol. The summed E-state index contributed by atoms with van der Waals surface area (Å²) < 4.78 is 5.40. The van der Waals surface area contributed by atoms with Crippen molar-refractivity contribution in [3.8, 4) is 0 Å². The second kappa shape index (κ2) is 3.42. The van der Waals surface area contributed by atoms with E-state index in [9.17, 15) is 14.7 Å². The Morgan fingerprint density at radius 3 is 2.80 bits per heavy atom. The van der Waals surface area contributed by atoms with Gasteiger partial charge in [-0.2, -0.15) is 0 Å². The fourth-order valence-corrected chi connectivity index (χ4v) is 4.81. The van der Waals surface area contributed by atoms with Crippen LogP contribution in [0.1, 0.15) is 33.6 Å². The minimum absolute atomic E-state index is 0.0669. The number of hydrogen-bond acceptors (Lipinski definition) is 4. The van der Waals surface area contributed by atoms with Crippen molar-refractivity contribution in [3.63, 3.8) is 0 Å². The first kappa shape index (κ1) is 12.3. The number of allylic oxidation sites excluding steroid dienone is 1. The molecule has 1 aliphatic heterocycles. The number of carbonyl (C=O) groups excluding carboxylic acids is 2. The third-order valence-electron chi connectivity index (χ3n) is 5.78. The molecule has 4 nitrogen and oxygen atoms in total. The summed E-state index contributed by atoms with van der Waals surface area (Å²) in [5.74, 6) is 0.493. The van der Waals surface area contributed by atoms with Crippen molar-refractivity contribution in [1.82, 2.24) is 0 Å². The van der Waals surface area contributed by atoms with Crippen LogP contribution in [-0.2, 0) is 14.3 Å². The van der Waals surface area contributed by atoms with Gasteiger partial charge in [0.25, 0.3) is 0 Å². The molecular weight excluding hydrogens is 256 g/mol. The van der Waals surface area contributed by atoms with Gasteiger partial charge in [0.15, 0.2) is 5.78 Å². The molecule has 0 bridgehead atoms. The Bertz CT molecular complexity index is 626. The average molecular weight is 274 g/mol. The summed E-state index contributed by atoms with van der Waals surface area (Å²) in [6, 6.07) is 0. The van der Waals surface area contributed by atoms with Gasteiger partial charge in [-0.25, -0.2) is 4.79 Å². The Morgan fingerprint density at radius 1 is 1.45 bits per heavy atom. The van der Waals surface area contributed by atoms with Gasteiger partial charge in [-0.3, -0.25) is 4.79 Å². The van der Waals surface area contributed by atoms with Crippen molar-refractivity contribution in [2.24, 2.45) is 17.3 Å². The van der Waals surface area contributed by atoms with Crippen LogP contribution in [0.25, 0.3) is 0 Å². The molecule has 0 unspecified atom stereocenters. The summed E-state index contributed by atoms with van der Waals surface area (Å²) in [7, 11) is 0. The van der Waals surface area contributed by atoms with Gasteiger partial charge in [0, 0.05) is 16.7 Å². The van der Waals surface area contributed by atoms with E-state index in [1.807, 2.05) is 0 Å². The first-order valence-corrected chi connectivity index (χ1v) is 7.21. The van der Waals surface area contributed by atoms with Crippen LogP contribution >= 0.6 is 0 Å². The van der Waals surface area contributed by atoms with Crippen LogP contribution in [0, 0.1) is 17.3 Å². The number of rotatable bonds is 1. The van der Waals surface area contributed by atoms with Gasteiger partial charge in [0.2, 0.25) is 0 Å². The largest absolute Gasteiger partial charge is 0.454 e. The minimum atomic E-state index is -0.822. The van der Waals surface area contributed by atoms with Crippen LogP contribution in [-0.4, -0.2) is 29.1 Å². The fourth-order valence-electron chi connectivity index (χ4n) is 4.81. The maximum Gasteiger partial charge on any atom is 0.334 e. The van der Waals surface area contributed by atoms with E-state index in [0.717, 1.165) is 17.6 Å². The molecule has 2 fully saturated rings. The molecule has 0 spiro atoms. The van der Waals surface area contributed by atoms with Crippen molar-refractivity contribution in [3.05, 3.63) is 22.3 Å².